The summed E-state index contributed by atoms with van der Waals surface area (Å²) in [7, 11) is -1.32. The van der Waals surface area contributed by atoms with Crippen molar-refractivity contribution in [1.29, 1.82) is 0 Å². The molecule has 0 unspecified atom stereocenters. The Kier molecular flexibility index (Phi) is 6.61. The summed E-state index contributed by atoms with van der Waals surface area (Å²) >= 11 is 3.43. The third kappa shape index (κ3) is 4.66. The molecule has 3 aromatic heterocycles. The maximum absolute atomic E-state index is 9.33. The fraction of sp³-hybridized carbons (Fsp3) is 0.385. The molecule has 0 saturated carbocycles. The largest absolute Gasteiger partial charge is 0.412 e. The number of likely N-dealkylation sites (N-methyl/N-ethyl adjacent to an activating group) is 1. The fourth-order valence-corrected chi connectivity index (χ4v) is 2.76. The third-order valence-corrected chi connectivity index (χ3v) is 4.69. The van der Waals surface area contributed by atoms with Crippen LogP contribution in [-0.4, -0.2) is 76.3 Å². The van der Waals surface area contributed by atoms with Crippen molar-refractivity contribution in [3.8, 4) is 0 Å². The zero-order valence-electron chi connectivity index (χ0n) is 14.4. The molecule has 0 atom stereocenters. The highest BCUT2D eigenvalue weighted by atomic mass is 79.9. The first-order valence-electron chi connectivity index (χ1n) is 7.42. The Bertz CT molecular complexity index is 1040. The van der Waals surface area contributed by atoms with Crippen molar-refractivity contribution in [3.05, 3.63) is 23.1 Å². The molecule has 3 aromatic rings. The lowest BCUT2D eigenvalue weighted by Crippen LogP contribution is -2.57. The van der Waals surface area contributed by atoms with Crippen LogP contribution in [0.25, 0.3) is 16.8 Å². The molecule has 4 heterocycles. The van der Waals surface area contributed by atoms with E-state index in [0.29, 0.717) is 11.7 Å². The Morgan fingerprint density at radius 2 is 2.07 bits per heavy atom. The average molecular weight is 464 g/mol. The van der Waals surface area contributed by atoms with Gasteiger partial charge in [0.15, 0.2) is 11.5 Å². The van der Waals surface area contributed by atoms with Gasteiger partial charge in [-0.15, -0.1) is 10.2 Å². The van der Waals surface area contributed by atoms with Crippen molar-refractivity contribution < 1.29 is 22.6 Å². The van der Waals surface area contributed by atoms with Gasteiger partial charge in [-0.25, -0.2) is 9.97 Å². The summed E-state index contributed by atoms with van der Waals surface area (Å²) in [5.74, 6) is 0.844. The van der Waals surface area contributed by atoms with Crippen molar-refractivity contribution in [2.75, 3.05) is 32.1 Å². The topological polar surface area (TPSA) is 166 Å². The van der Waals surface area contributed by atoms with Crippen molar-refractivity contribution in [3.63, 3.8) is 0 Å². The zero-order valence-corrected chi connectivity index (χ0v) is 16.8. The zero-order chi connectivity index (χ0) is 18.9. The molecular weight excluding hydrogens is 446 g/mol. The summed E-state index contributed by atoms with van der Waals surface area (Å²) in [5.41, 5.74) is 2.36. The SMILES string of the molecule is CNC1CN(c2nc3ncc(Br)cc3n3cnnc23)C1.COS(=O)(=O)O.O. The van der Waals surface area contributed by atoms with E-state index in [9.17, 15) is 8.42 Å². The molecule has 0 amide bonds. The second-order valence-corrected chi connectivity index (χ2v) is 7.55. The van der Waals surface area contributed by atoms with Gasteiger partial charge in [0.1, 0.15) is 6.33 Å². The molecule has 1 fully saturated rings. The number of nitrogens with one attached hydrogen (secondary N) is 1. The number of aromatic nitrogens is 5. The summed E-state index contributed by atoms with van der Waals surface area (Å²) < 4.78 is 32.6. The molecule has 4 rings (SSSR count). The number of hydrogen-bond donors (Lipinski definition) is 2. The second kappa shape index (κ2) is 8.37. The lowest BCUT2D eigenvalue weighted by atomic mass is 10.1. The third-order valence-electron chi connectivity index (χ3n) is 3.83. The van der Waals surface area contributed by atoms with Gasteiger partial charge in [-0.1, -0.05) is 0 Å². The molecule has 0 spiro atoms. The van der Waals surface area contributed by atoms with Crippen molar-refractivity contribution in [2.24, 2.45) is 0 Å². The van der Waals surface area contributed by atoms with Gasteiger partial charge in [0.2, 0.25) is 5.65 Å². The molecule has 14 heteroatoms. The van der Waals surface area contributed by atoms with E-state index in [2.05, 4.69) is 50.5 Å². The van der Waals surface area contributed by atoms with E-state index in [-0.39, 0.29) is 5.48 Å². The first-order valence-corrected chi connectivity index (χ1v) is 9.58. The van der Waals surface area contributed by atoms with Crippen LogP contribution in [-0.2, 0) is 14.6 Å². The Morgan fingerprint density at radius 3 is 2.67 bits per heavy atom. The van der Waals surface area contributed by atoms with Crippen LogP contribution in [0.4, 0.5) is 5.82 Å². The molecule has 1 saturated heterocycles. The van der Waals surface area contributed by atoms with E-state index >= 15 is 0 Å². The predicted molar refractivity (Wildman–Crippen MR) is 101 cm³/mol. The highest BCUT2D eigenvalue weighted by Gasteiger charge is 2.29. The van der Waals surface area contributed by atoms with E-state index in [1.165, 1.54) is 0 Å². The van der Waals surface area contributed by atoms with Crippen LogP contribution in [0, 0.1) is 0 Å². The maximum atomic E-state index is 9.33. The molecule has 27 heavy (non-hydrogen) atoms. The number of anilines is 1. The van der Waals surface area contributed by atoms with Gasteiger partial charge < -0.3 is 15.7 Å². The Labute approximate surface area is 163 Å². The van der Waals surface area contributed by atoms with Crippen LogP contribution in [0.1, 0.15) is 0 Å². The normalized spacial score (nSPS) is 14.4. The van der Waals surface area contributed by atoms with E-state index in [0.717, 1.165) is 41.7 Å². The molecule has 0 bridgehead atoms. The molecular formula is C13H18BrN7O5S. The number of rotatable bonds is 3. The molecule has 0 radical (unpaired) electrons. The van der Waals surface area contributed by atoms with Crippen LogP contribution in [0.2, 0.25) is 0 Å². The maximum Gasteiger partial charge on any atom is 0.397 e. The summed E-state index contributed by atoms with van der Waals surface area (Å²) in [4.78, 5) is 11.2. The minimum Gasteiger partial charge on any atom is -0.412 e. The van der Waals surface area contributed by atoms with Crippen LogP contribution in [0.3, 0.4) is 0 Å². The number of pyridine rings is 1. The fourth-order valence-electron chi connectivity index (χ4n) is 2.45. The monoisotopic (exact) mass is 463 g/mol. The first kappa shape index (κ1) is 21.3. The summed E-state index contributed by atoms with van der Waals surface area (Å²) in [6.45, 7) is 1.85. The number of hydrogen-bond acceptors (Lipinski definition) is 9. The average Bonchev–Trinajstić information content (AvgIpc) is 3.04. The lowest BCUT2D eigenvalue weighted by Gasteiger charge is -2.39. The van der Waals surface area contributed by atoms with Gasteiger partial charge >= 0.3 is 10.4 Å². The molecule has 1 aliphatic rings. The van der Waals surface area contributed by atoms with Gasteiger partial charge in [0, 0.05) is 29.8 Å². The lowest BCUT2D eigenvalue weighted by molar-refractivity contribution is 0.324. The van der Waals surface area contributed by atoms with E-state index < -0.39 is 10.4 Å². The van der Waals surface area contributed by atoms with Gasteiger partial charge in [-0.2, -0.15) is 8.42 Å². The van der Waals surface area contributed by atoms with Crippen LogP contribution >= 0.6 is 15.9 Å². The minimum atomic E-state index is -4.16. The first-order chi connectivity index (χ1) is 12.3. The smallest absolute Gasteiger partial charge is 0.397 e. The summed E-state index contributed by atoms with van der Waals surface area (Å²) in [6, 6.07) is 2.48. The van der Waals surface area contributed by atoms with Crippen LogP contribution in [0.5, 0.6) is 0 Å². The Balaban J connectivity index is 0.000000329. The highest BCUT2D eigenvalue weighted by Crippen LogP contribution is 2.26. The Morgan fingerprint density at radius 1 is 1.41 bits per heavy atom. The van der Waals surface area contributed by atoms with Crippen molar-refractivity contribution in [1.82, 2.24) is 29.9 Å². The molecule has 0 aliphatic carbocycles. The van der Waals surface area contributed by atoms with Crippen LogP contribution < -0.4 is 10.2 Å². The van der Waals surface area contributed by atoms with Crippen molar-refractivity contribution in [2.45, 2.75) is 6.04 Å². The number of nitrogens with zero attached hydrogens (tertiary/aromatic N) is 6. The van der Waals surface area contributed by atoms with E-state index in [1.54, 1.807) is 12.5 Å². The quantitative estimate of drug-likeness (QED) is 0.480. The Hall–Kier alpha value is -1.97. The minimum absolute atomic E-state index is 0. The van der Waals surface area contributed by atoms with E-state index in [4.69, 9.17) is 4.55 Å². The summed E-state index contributed by atoms with van der Waals surface area (Å²) in [6.07, 6.45) is 3.45. The van der Waals surface area contributed by atoms with Gasteiger partial charge in [-0.05, 0) is 29.0 Å². The molecule has 148 valence electrons. The van der Waals surface area contributed by atoms with Gasteiger partial charge in [0.05, 0.1) is 12.6 Å². The molecule has 0 aromatic carbocycles. The molecule has 1 aliphatic heterocycles. The standard InChI is InChI=1S/C12H12BrN7.CH4O4S.H2O/c1-14-8-4-19(5-8)11-12-18-16-6-20(12)9-2-7(13)3-15-10(9)17-11;1-5-6(2,3)4;/h2-3,6,8,14H,4-5H2,1H3;1H3,(H,2,3,4);1H2. The highest BCUT2D eigenvalue weighted by molar-refractivity contribution is 9.10. The molecule has 4 N–H and O–H groups in total. The van der Waals surface area contributed by atoms with Gasteiger partial charge in [-0.3, -0.25) is 13.1 Å². The van der Waals surface area contributed by atoms with Crippen molar-refractivity contribution >= 4 is 49.0 Å². The second-order valence-electron chi connectivity index (χ2n) is 5.44. The predicted octanol–water partition coefficient (Wildman–Crippen LogP) is -0.546. The number of halogens is 1. The van der Waals surface area contributed by atoms with Gasteiger partial charge in [0.25, 0.3) is 0 Å². The number of fused-ring (bicyclic) bond motifs is 3. The van der Waals surface area contributed by atoms with Crippen LogP contribution in [0.15, 0.2) is 23.1 Å². The van der Waals surface area contributed by atoms with E-state index in [1.807, 2.05) is 17.5 Å². The summed E-state index contributed by atoms with van der Waals surface area (Å²) in [5, 5.41) is 11.5. The molecule has 12 nitrogen and oxygen atoms in total.